The van der Waals surface area contributed by atoms with Crippen molar-refractivity contribution in [3.8, 4) is 33.8 Å². The van der Waals surface area contributed by atoms with E-state index in [9.17, 15) is 0 Å². The van der Waals surface area contributed by atoms with Crippen LogP contribution >= 0.6 is 0 Å². The lowest BCUT2D eigenvalue weighted by Crippen LogP contribution is -2.10. The van der Waals surface area contributed by atoms with E-state index < -0.39 is 0 Å². The number of nitrogens with zero attached hydrogens (tertiary/aromatic N) is 3. The monoisotopic (exact) mass is 665 g/mol. The molecule has 244 valence electrons. The lowest BCUT2D eigenvalue weighted by atomic mass is 10.0. The molecule has 4 heteroatoms. The average molecular weight is 666 g/mol. The smallest absolute Gasteiger partial charge is 0.161 e. The molecule has 2 aromatic heterocycles. The molecule has 0 atom stereocenters. The fraction of sp³-hybridized carbons (Fsp3) is 0. The lowest BCUT2D eigenvalue weighted by Gasteiger charge is -2.26. The van der Waals surface area contributed by atoms with Crippen molar-refractivity contribution in [2.75, 3.05) is 4.90 Å². The Morgan fingerprint density at radius 3 is 1.88 bits per heavy atom. The zero-order valence-corrected chi connectivity index (χ0v) is 28.1. The molecule has 0 radical (unpaired) electrons. The molecule has 8 aromatic carbocycles. The predicted octanol–water partition coefficient (Wildman–Crippen LogP) is 13.2. The minimum atomic E-state index is 0.658. The quantitative estimate of drug-likeness (QED) is 0.177. The molecule has 0 spiro atoms. The highest BCUT2D eigenvalue weighted by molar-refractivity contribution is 6.16. The van der Waals surface area contributed by atoms with Crippen LogP contribution in [0.15, 0.2) is 192 Å². The third kappa shape index (κ3) is 5.09. The molecule has 0 amide bonds. The van der Waals surface area contributed by atoms with Gasteiger partial charge in [-0.2, -0.15) is 0 Å². The number of para-hydroxylation sites is 2. The largest absolute Gasteiger partial charge is 0.454 e. The number of rotatable bonds is 6. The Hall–Kier alpha value is -7.04. The van der Waals surface area contributed by atoms with Crippen LogP contribution in [0.1, 0.15) is 0 Å². The molecule has 0 saturated heterocycles. The number of furan rings is 1. The van der Waals surface area contributed by atoms with Gasteiger partial charge in [0, 0.05) is 38.7 Å². The van der Waals surface area contributed by atoms with Crippen LogP contribution in [0.2, 0.25) is 0 Å². The molecule has 0 aliphatic rings. The fourth-order valence-corrected chi connectivity index (χ4v) is 7.37. The number of hydrogen-bond acceptors (Lipinski definition) is 4. The predicted molar refractivity (Wildman–Crippen MR) is 215 cm³/mol. The second-order valence-electron chi connectivity index (χ2n) is 13.0. The first-order chi connectivity index (χ1) is 25.8. The van der Waals surface area contributed by atoms with Gasteiger partial charge in [0.15, 0.2) is 11.4 Å². The first-order valence-corrected chi connectivity index (χ1v) is 17.5. The number of hydrogen-bond donors (Lipinski definition) is 0. The molecule has 52 heavy (non-hydrogen) atoms. The Bertz CT molecular complexity index is 2900. The molecule has 10 rings (SSSR count). The summed E-state index contributed by atoms with van der Waals surface area (Å²) in [6.45, 7) is 0. The first kappa shape index (κ1) is 29.8. The summed E-state index contributed by atoms with van der Waals surface area (Å²) in [6.07, 6.45) is 0. The van der Waals surface area contributed by atoms with Gasteiger partial charge in [-0.3, -0.25) is 0 Å². The maximum absolute atomic E-state index is 6.86. The molecule has 0 aliphatic carbocycles. The van der Waals surface area contributed by atoms with E-state index in [4.69, 9.17) is 14.4 Å². The second kappa shape index (κ2) is 12.4. The second-order valence-corrected chi connectivity index (χ2v) is 13.0. The van der Waals surface area contributed by atoms with Crippen LogP contribution in [-0.2, 0) is 0 Å². The van der Waals surface area contributed by atoms with Crippen LogP contribution in [0, 0.1) is 0 Å². The van der Waals surface area contributed by atoms with Crippen molar-refractivity contribution in [1.29, 1.82) is 0 Å². The van der Waals surface area contributed by atoms with Crippen LogP contribution in [0.3, 0.4) is 0 Å². The summed E-state index contributed by atoms with van der Waals surface area (Å²) in [5.74, 6) is 0.658. The van der Waals surface area contributed by atoms with E-state index in [2.05, 4.69) is 157 Å². The standard InChI is InChI=1S/C48H31N3O/c1-3-13-32(14-4-1)34-23-26-37(27-24-34)51(38-28-25-33-15-7-8-18-36(33)31-38)43-30-29-41(45-40-20-10-12-22-44(40)52-47(43)45)48-49-42-21-11-9-19-39(42)46(50-48)35-16-5-2-6-17-35/h1-31H. The van der Waals surface area contributed by atoms with Crippen LogP contribution in [0.5, 0.6) is 0 Å². The summed E-state index contributed by atoms with van der Waals surface area (Å²) in [4.78, 5) is 12.7. The molecule has 4 nitrogen and oxygen atoms in total. The van der Waals surface area contributed by atoms with Gasteiger partial charge >= 0.3 is 0 Å². The molecular weight excluding hydrogens is 635 g/mol. The van der Waals surface area contributed by atoms with Crippen molar-refractivity contribution >= 4 is 60.7 Å². The molecule has 0 fully saturated rings. The van der Waals surface area contributed by atoms with E-state index in [-0.39, 0.29) is 0 Å². The van der Waals surface area contributed by atoms with Crippen molar-refractivity contribution in [2.45, 2.75) is 0 Å². The van der Waals surface area contributed by atoms with E-state index in [0.29, 0.717) is 5.82 Å². The van der Waals surface area contributed by atoms with Gasteiger partial charge in [-0.1, -0.05) is 140 Å². The normalized spacial score (nSPS) is 11.5. The maximum Gasteiger partial charge on any atom is 0.161 e. The average Bonchev–Trinajstić information content (AvgIpc) is 3.62. The topological polar surface area (TPSA) is 42.2 Å². The molecule has 0 unspecified atom stereocenters. The fourth-order valence-electron chi connectivity index (χ4n) is 7.37. The molecule has 0 aliphatic heterocycles. The van der Waals surface area contributed by atoms with Crippen molar-refractivity contribution < 1.29 is 4.42 Å². The van der Waals surface area contributed by atoms with Crippen molar-refractivity contribution in [1.82, 2.24) is 9.97 Å². The van der Waals surface area contributed by atoms with Crippen LogP contribution in [0.4, 0.5) is 17.1 Å². The van der Waals surface area contributed by atoms with Gasteiger partial charge in [0.2, 0.25) is 0 Å². The van der Waals surface area contributed by atoms with E-state index in [1.165, 1.54) is 16.3 Å². The highest BCUT2D eigenvalue weighted by Crippen LogP contribution is 2.46. The van der Waals surface area contributed by atoms with Crippen LogP contribution < -0.4 is 4.90 Å². The van der Waals surface area contributed by atoms with Crippen molar-refractivity contribution in [3.63, 3.8) is 0 Å². The summed E-state index contributed by atoms with van der Waals surface area (Å²) in [7, 11) is 0. The Balaban J connectivity index is 1.22. The molecule has 0 saturated carbocycles. The third-order valence-corrected chi connectivity index (χ3v) is 9.86. The number of fused-ring (bicyclic) bond motifs is 5. The van der Waals surface area contributed by atoms with Gasteiger partial charge in [-0.05, 0) is 70.4 Å². The lowest BCUT2D eigenvalue weighted by molar-refractivity contribution is 0.669. The minimum absolute atomic E-state index is 0.658. The van der Waals surface area contributed by atoms with E-state index in [0.717, 1.165) is 72.3 Å². The van der Waals surface area contributed by atoms with E-state index in [1.807, 2.05) is 36.4 Å². The molecule has 2 heterocycles. The Labute approximate surface area is 300 Å². The number of benzene rings is 8. The van der Waals surface area contributed by atoms with Gasteiger partial charge < -0.3 is 9.32 Å². The first-order valence-electron chi connectivity index (χ1n) is 17.5. The highest BCUT2D eigenvalue weighted by Gasteiger charge is 2.24. The van der Waals surface area contributed by atoms with Crippen molar-refractivity contribution in [3.05, 3.63) is 188 Å². The van der Waals surface area contributed by atoms with Gasteiger partial charge in [0.05, 0.1) is 16.9 Å². The molecule has 0 bridgehead atoms. The highest BCUT2D eigenvalue weighted by atomic mass is 16.3. The number of aromatic nitrogens is 2. The van der Waals surface area contributed by atoms with Gasteiger partial charge in [-0.25, -0.2) is 9.97 Å². The summed E-state index contributed by atoms with van der Waals surface area (Å²) >= 11 is 0. The zero-order chi connectivity index (χ0) is 34.4. The maximum atomic E-state index is 6.86. The van der Waals surface area contributed by atoms with E-state index in [1.54, 1.807) is 0 Å². The van der Waals surface area contributed by atoms with Crippen LogP contribution in [0.25, 0.3) is 77.4 Å². The molecule has 10 aromatic rings. The molecular formula is C48H31N3O. The minimum Gasteiger partial charge on any atom is -0.454 e. The SMILES string of the molecule is c1ccc(-c2ccc(N(c3ccc4ccccc4c3)c3ccc(-c4nc(-c5ccccc5)c5ccccc5n4)c4c3oc3ccccc34)cc2)cc1. The Morgan fingerprint density at radius 2 is 1.08 bits per heavy atom. The summed E-state index contributed by atoms with van der Waals surface area (Å²) in [6, 6.07) is 65.5. The van der Waals surface area contributed by atoms with Gasteiger partial charge in [-0.15, -0.1) is 0 Å². The summed E-state index contributed by atoms with van der Waals surface area (Å²) < 4.78 is 6.86. The van der Waals surface area contributed by atoms with E-state index >= 15 is 0 Å². The number of anilines is 3. The van der Waals surface area contributed by atoms with Crippen molar-refractivity contribution in [2.24, 2.45) is 0 Å². The molecule has 0 N–H and O–H groups in total. The summed E-state index contributed by atoms with van der Waals surface area (Å²) in [5.41, 5.74) is 10.7. The third-order valence-electron chi connectivity index (χ3n) is 9.86. The summed E-state index contributed by atoms with van der Waals surface area (Å²) in [5, 5.41) is 5.38. The van der Waals surface area contributed by atoms with Gasteiger partial charge in [0.25, 0.3) is 0 Å². The zero-order valence-electron chi connectivity index (χ0n) is 28.1. The Morgan fingerprint density at radius 1 is 0.442 bits per heavy atom. The van der Waals surface area contributed by atoms with Gasteiger partial charge in [0.1, 0.15) is 5.58 Å². The Kier molecular flexibility index (Phi) is 7.10. The van der Waals surface area contributed by atoms with Crippen LogP contribution in [-0.4, -0.2) is 9.97 Å².